The minimum atomic E-state index is -0.0389. The summed E-state index contributed by atoms with van der Waals surface area (Å²) >= 11 is 0. The molecule has 0 radical (unpaired) electrons. The van der Waals surface area contributed by atoms with Gasteiger partial charge < -0.3 is 20.2 Å². The van der Waals surface area contributed by atoms with E-state index in [2.05, 4.69) is 25.4 Å². The first-order valence-electron chi connectivity index (χ1n) is 8.88. The highest BCUT2D eigenvalue weighted by atomic mass is 16.5. The molecule has 0 saturated carbocycles. The number of rotatable bonds is 6. The Kier molecular flexibility index (Phi) is 4.66. The van der Waals surface area contributed by atoms with Crippen LogP contribution in [0, 0.1) is 0 Å². The van der Waals surface area contributed by atoms with E-state index in [9.17, 15) is 0 Å². The molecule has 0 aliphatic rings. The monoisotopic (exact) mass is 378 g/mol. The van der Waals surface area contributed by atoms with Gasteiger partial charge in [-0.15, -0.1) is 0 Å². The number of anilines is 2. The molecule has 0 fully saturated rings. The number of hydrogen-bond acceptors (Lipinski definition) is 7. The van der Waals surface area contributed by atoms with Gasteiger partial charge in [0.05, 0.1) is 42.6 Å². The Morgan fingerprint density at radius 3 is 2.79 bits per heavy atom. The van der Waals surface area contributed by atoms with Gasteiger partial charge >= 0.3 is 0 Å². The predicted molar refractivity (Wildman–Crippen MR) is 107 cm³/mol. The number of nitrogens with two attached hydrogens (primary N) is 1. The molecular formula is C19H22N8O. The molecule has 4 heterocycles. The van der Waals surface area contributed by atoms with Crippen molar-refractivity contribution in [3.8, 4) is 11.3 Å². The number of pyridine rings is 1. The number of nitrogen functional groups attached to an aromatic ring is 1. The Labute approximate surface area is 162 Å². The van der Waals surface area contributed by atoms with E-state index in [1.165, 1.54) is 0 Å². The van der Waals surface area contributed by atoms with E-state index < -0.39 is 0 Å². The van der Waals surface area contributed by atoms with Crippen molar-refractivity contribution in [3.05, 3.63) is 54.4 Å². The summed E-state index contributed by atoms with van der Waals surface area (Å²) < 4.78 is 8.99. The van der Waals surface area contributed by atoms with Crippen LogP contribution in [0.3, 0.4) is 0 Å². The van der Waals surface area contributed by atoms with Gasteiger partial charge in [0.2, 0.25) is 0 Å². The molecule has 0 aliphatic carbocycles. The van der Waals surface area contributed by atoms with E-state index in [1.807, 2.05) is 49.1 Å². The zero-order valence-electron chi connectivity index (χ0n) is 16.0. The molecule has 0 bridgehead atoms. The van der Waals surface area contributed by atoms with Crippen LogP contribution in [0.2, 0.25) is 0 Å². The second-order valence-corrected chi connectivity index (χ2v) is 6.63. The Hall–Kier alpha value is -3.46. The van der Waals surface area contributed by atoms with Crippen LogP contribution < -0.4 is 11.1 Å². The van der Waals surface area contributed by atoms with Crippen molar-refractivity contribution in [2.45, 2.75) is 19.6 Å². The number of hydrogen-bond donors (Lipinski definition) is 2. The Morgan fingerprint density at radius 1 is 1.18 bits per heavy atom. The first-order chi connectivity index (χ1) is 13.5. The summed E-state index contributed by atoms with van der Waals surface area (Å²) in [5.41, 5.74) is 10.6. The summed E-state index contributed by atoms with van der Waals surface area (Å²) in [7, 11) is 3.53. The van der Waals surface area contributed by atoms with Crippen LogP contribution in [0.25, 0.3) is 16.9 Å². The number of nitrogens with one attached hydrogen (secondary N) is 1. The molecule has 0 unspecified atom stereocenters. The Morgan fingerprint density at radius 2 is 2.04 bits per heavy atom. The van der Waals surface area contributed by atoms with Gasteiger partial charge in [-0.25, -0.2) is 15.0 Å². The molecule has 4 aromatic rings. The van der Waals surface area contributed by atoms with Crippen molar-refractivity contribution in [1.29, 1.82) is 0 Å². The number of aryl methyl sites for hydroxylation is 1. The number of imidazole rings is 1. The molecule has 28 heavy (non-hydrogen) atoms. The third kappa shape index (κ3) is 3.39. The average Bonchev–Trinajstić information content (AvgIpc) is 3.30. The lowest BCUT2D eigenvalue weighted by atomic mass is 10.1. The molecule has 9 heteroatoms. The fourth-order valence-corrected chi connectivity index (χ4v) is 3.04. The van der Waals surface area contributed by atoms with Gasteiger partial charge in [-0.1, -0.05) is 6.07 Å². The maximum Gasteiger partial charge on any atom is 0.170 e. The molecule has 9 nitrogen and oxygen atoms in total. The third-order valence-corrected chi connectivity index (χ3v) is 4.55. The lowest BCUT2D eigenvalue weighted by molar-refractivity contribution is 0.181. The van der Waals surface area contributed by atoms with Gasteiger partial charge in [0.25, 0.3) is 0 Å². The van der Waals surface area contributed by atoms with Crippen LogP contribution in [0.4, 0.5) is 11.6 Å². The number of aromatic nitrogens is 6. The zero-order valence-corrected chi connectivity index (χ0v) is 16.0. The number of nitrogens with zero attached hydrogens (tertiary/aromatic N) is 6. The maximum atomic E-state index is 6.05. The third-order valence-electron chi connectivity index (χ3n) is 4.55. The van der Waals surface area contributed by atoms with Crippen LogP contribution in [-0.2, 0) is 18.4 Å². The summed E-state index contributed by atoms with van der Waals surface area (Å²) in [6.45, 7) is 2.55. The fourth-order valence-electron chi connectivity index (χ4n) is 3.04. The highest BCUT2D eigenvalue weighted by Crippen LogP contribution is 2.25. The largest absolute Gasteiger partial charge is 0.381 e. The number of fused-ring (bicyclic) bond motifs is 1. The van der Waals surface area contributed by atoms with Crippen molar-refractivity contribution >= 4 is 17.3 Å². The van der Waals surface area contributed by atoms with E-state index >= 15 is 0 Å². The summed E-state index contributed by atoms with van der Waals surface area (Å²) in [4.78, 5) is 13.3. The predicted octanol–water partition coefficient (Wildman–Crippen LogP) is 2.43. The second-order valence-electron chi connectivity index (χ2n) is 6.63. The zero-order chi connectivity index (χ0) is 19.7. The minimum absolute atomic E-state index is 0.0389. The van der Waals surface area contributed by atoms with Crippen LogP contribution in [-0.4, -0.2) is 36.2 Å². The van der Waals surface area contributed by atoms with Crippen molar-refractivity contribution in [2.24, 2.45) is 7.05 Å². The highest BCUT2D eigenvalue weighted by Gasteiger charge is 2.13. The van der Waals surface area contributed by atoms with Gasteiger partial charge in [0.1, 0.15) is 5.65 Å². The molecule has 4 rings (SSSR count). The van der Waals surface area contributed by atoms with Crippen molar-refractivity contribution in [3.63, 3.8) is 0 Å². The standard InChI is InChI=1S/C19H22N8O/c1-12(13-4-5-17-21-7-15(11-28-3)27(17)10-13)24-19-18(20)22-8-16(25-19)14-6-23-26(2)9-14/h4-10,12H,11H2,1-3H3,(H2,20,22)(H,24,25)/t12-/m0/s1. The fraction of sp³-hybridized carbons (Fsp3) is 0.263. The topological polar surface area (TPSA) is 108 Å². The molecule has 144 valence electrons. The molecule has 3 N–H and O–H groups in total. The molecule has 0 aromatic carbocycles. The second kappa shape index (κ2) is 7.28. The molecule has 0 saturated heterocycles. The summed E-state index contributed by atoms with van der Waals surface area (Å²) in [5, 5.41) is 7.54. The Bertz CT molecular complexity index is 1120. The normalized spacial score (nSPS) is 12.4. The first kappa shape index (κ1) is 17.9. The molecular weight excluding hydrogens is 356 g/mol. The molecule has 1 atom stereocenters. The summed E-state index contributed by atoms with van der Waals surface area (Å²) in [6.07, 6.45) is 9.15. The SMILES string of the molecule is COCc1cnc2ccc([C@H](C)Nc3nc(-c4cnn(C)c4)cnc3N)cn12. The lowest BCUT2D eigenvalue weighted by Gasteiger charge is -2.17. The average molecular weight is 378 g/mol. The highest BCUT2D eigenvalue weighted by molar-refractivity contribution is 5.64. The quantitative estimate of drug-likeness (QED) is 0.530. The van der Waals surface area contributed by atoms with E-state index in [-0.39, 0.29) is 6.04 Å². The summed E-state index contributed by atoms with van der Waals surface area (Å²) in [5.74, 6) is 0.889. The van der Waals surface area contributed by atoms with Gasteiger partial charge in [0, 0.05) is 32.1 Å². The van der Waals surface area contributed by atoms with E-state index in [0.29, 0.717) is 23.9 Å². The maximum absolute atomic E-state index is 6.05. The lowest BCUT2D eigenvalue weighted by Crippen LogP contribution is -2.12. The summed E-state index contributed by atoms with van der Waals surface area (Å²) in [6, 6.07) is 3.97. The van der Waals surface area contributed by atoms with Gasteiger partial charge in [-0.2, -0.15) is 5.10 Å². The van der Waals surface area contributed by atoms with Gasteiger partial charge in [0.15, 0.2) is 11.6 Å². The van der Waals surface area contributed by atoms with Crippen molar-refractivity contribution in [2.75, 3.05) is 18.2 Å². The van der Waals surface area contributed by atoms with Crippen LogP contribution in [0.1, 0.15) is 24.2 Å². The first-order valence-corrected chi connectivity index (χ1v) is 8.88. The molecule has 4 aromatic heterocycles. The van der Waals surface area contributed by atoms with E-state index in [1.54, 1.807) is 24.2 Å². The van der Waals surface area contributed by atoms with Crippen molar-refractivity contribution in [1.82, 2.24) is 29.1 Å². The Balaban J connectivity index is 1.62. The van der Waals surface area contributed by atoms with Crippen LogP contribution in [0.15, 0.2) is 43.1 Å². The van der Waals surface area contributed by atoms with Gasteiger partial charge in [-0.3, -0.25) is 4.68 Å². The molecule has 0 amide bonds. The van der Waals surface area contributed by atoms with Gasteiger partial charge in [-0.05, 0) is 18.6 Å². The minimum Gasteiger partial charge on any atom is -0.381 e. The van der Waals surface area contributed by atoms with Crippen LogP contribution in [0.5, 0.6) is 0 Å². The van der Waals surface area contributed by atoms with E-state index in [4.69, 9.17) is 10.5 Å². The van der Waals surface area contributed by atoms with Crippen molar-refractivity contribution < 1.29 is 4.74 Å². The molecule has 0 aliphatic heterocycles. The molecule has 0 spiro atoms. The number of ether oxygens (including phenoxy) is 1. The van der Waals surface area contributed by atoms with E-state index in [0.717, 1.165) is 22.5 Å². The smallest absolute Gasteiger partial charge is 0.170 e. The number of methoxy groups -OCH3 is 1. The van der Waals surface area contributed by atoms with Crippen LogP contribution >= 0.6 is 0 Å².